The maximum absolute atomic E-state index is 13.2. The number of carbonyl (C=O) groups excluding carboxylic acids is 1. The van der Waals surface area contributed by atoms with Gasteiger partial charge in [0.15, 0.2) is 4.47 Å². The van der Waals surface area contributed by atoms with E-state index in [9.17, 15) is 18.0 Å². The number of likely N-dealkylation sites (tertiary alicyclic amines) is 1. The number of nitrogens with one attached hydrogen (secondary N) is 1. The monoisotopic (exact) mass is 596 g/mol. The smallest absolute Gasteiger partial charge is 0.406 e. The van der Waals surface area contributed by atoms with Crippen molar-refractivity contribution in [3.05, 3.63) is 80.2 Å². The highest BCUT2D eigenvalue weighted by atomic mass is 35.5. The van der Waals surface area contributed by atoms with Gasteiger partial charge in [-0.2, -0.15) is 0 Å². The first-order chi connectivity index (χ1) is 18.6. The van der Waals surface area contributed by atoms with Gasteiger partial charge in [-0.3, -0.25) is 9.80 Å². The van der Waals surface area contributed by atoms with Crippen LogP contribution in [0.25, 0.3) is 6.08 Å². The molecule has 206 valence electrons. The van der Waals surface area contributed by atoms with Crippen molar-refractivity contribution in [1.29, 1.82) is 0 Å². The van der Waals surface area contributed by atoms with Crippen LogP contribution in [0.4, 0.5) is 23.7 Å². The van der Waals surface area contributed by atoms with Crippen LogP contribution in [0, 0.1) is 0 Å². The number of fused-ring (bicyclic) bond motifs is 2. The number of piperidine rings is 1. The normalized spacial score (nSPS) is 17.1. The van der Waals surface area contributed by atoms with E-state index in [1.54, 1.807) is 11.1 Å². The van der Waals surface area contributed by atoms with Crippen LogP contribution in [0.5, 0.6) is 5.75 Å². The summed E-state index contributed by atoms with van der Waals surface area (Å²) < 4.78 is 43.5. The minimum absolute atomic E-state index is 0.255. The van der Waals surface area contributed by atoms with Gasteiger partial charge in [-0.1, -0.05) is 47.5 Å². The number of aromatic nitrogens is 1. The molecule has 6 nitrogen and oxygen atoms in total. The fraction of sp³-hybridized carbons (Fsp3) is 0.333. The molecule has 1 N–H and O–H groups in total. The summed E-state index contributed by atoms with van der Waals surface area (Å²) in [5.41, 5.74) is 1.89. The number of anilines is 1. The first-order valence-electron chi connectivity index (χ1n) is 12.3. The lowest BCUT2D eigenvalue weighted by Gasteiger charge is -2.39. The highest BCUT2D eigenvalue weighted by Crippen LogP contribution is 2.48. The minimum Gasteiger partial charge on any atom is -0.406 e. The van der Waals surface area contributed by atoms with Gasteiger partial charge in [0.1, 0.15) is 5.75 Å². The van der Waals surface area contributed by atoms with Crippen LogP contribution in [-0.4, -0.2) is 48.5 Å². The van der Waals surface area contributed by atoms with Gasteiger partial charge in [0, 0.05) is 40.3 Å². The first kappa shape index (κ1) is 27.8. The molecule has 2 aromatic carbocycles. The van der Waals surface area contributed by atoms with Crippen molar-refractivity contribution < 1.29 is 22.7 Å². The topological polar surface area (TPSA) is 57.7 Å². The third kappa shape index (κ3) is 6.69. The molecule has 3 heterocycles. The average Bonchev–Trinajstić information content (AvgIpc) is 3.45. The number of urea groups is 1. The van der Waals surface area contributed by atoms with Crippen molar-refractivity contribution in [3.8, 4) is 5.75 Å². The number of hydrogen-bond acceptors (Lipinski definition) is 5. The Morgan fingerprint density at radius 1 is 1.15 bits per heavy atom. The molecule has 5 rings (SSSR count). The van der Waals surface area contributed by atoms with Crippen molar-refractivity contribution in [2.24, 2.45) is 0 Å². The van der Waals surface area contributed by atoms with Crippen LogP contribution in [0.2, 0.25) is 9.49 Å². The van der Waals surface area contributed by atoms with Gasteiger partial charge in [0.25, 0.3) is 0 Å². The summed E-state index contributed by atoms with van der Waals surface area (Å²) >= 11 is 13.1. The number of benzene rings is 2. The molecule has 39 heavy (non-hydrogen) atoms. The van der Waals surface area contributed by atoms with E-state index in [1.165, 1.54) is 29.5 Å². The minimum atomic E-state index is -4.80. The zero-order valence-electron chi connectivity index (χ0n) is 20.7. The number of nitrogens with zero attached hydrogens (tertiary/aromatic N) is 3. The maximum atomic E-state index is 13.2. The lowest BCUT2D eigenvalue weighted by molar-refractivity contribution is -0.274. The van der Waals surface area contributed by atoms with Crippen molar-refractivity contribution in [2.75, 3.05) is 31.1 Å². The van der Waals surface area contributed by atoms with Gasteiger partial charge in [-0.15, -0.1) is 24.5 Å². The van der Waals surface area contributed by atoms with Gasteiger partial charge in [-0.25, -0.2) is 9.78 Å². The molecule has 0 atom stereocenters. The Morgan fingerprint density at radius 2 is 1.90 bits per heavy atom. The summed E-state index contributed by atoms with van der Waals surface area (Å²) in [7, 11) is 0. The van der Waals surface area contributed by atoms with Gasteiger partial charge < -0.3 is 10.1 Å². The van der Waals surface area contributed by atoms with E-state index >= 15 is 0 Å². The van der Waals surface area contributed by atoms with Crippen molar-refractivity contribution >= 4 is 52.3 Å². The predicted octanol–water partition coefficient (Wildman–Crippen LogP) is 7.13. The number of amides is 2. The van der Waals surface area contributed by atoms with Crippen molar-refractivity contribution in [1.82, 2.24) is 15.2 Å². The van der Waals surface area contributed by atoms with E-state index in [4.69, 9.17) is 23.2 Å². The molecular formula is C27H25Cl2F3N4O2S. The van der Waals surface area contributed by atoms with Crippen LogP contribution in [-0.2, 0) is 12.0 Å². The lowest BCUT2D eigenvalue weighted by Crippen LogP contribution is -2.47. The van der Waals surface area contributed by atoms with Gasteiger partial charge in [-0.05, 0) is 67.4 Å². The number of hydrogen-bond donors (Lipinski definition) is 1. The van der Waals surface area contributed by atoms with E-state index in [2.05, 4.69) is 26.0 Å². The summed E-state index contributed by atoms with van der Waals surface area (Å²) in [6, 6.07) is 11.5. The Kier molecular flexibility index (Phi) is 8.09. The number of halogens is 5. The maximum Gasteiger partial charge on any atom is 0.573 e. The molecule has 1 aromatic heterocycles. The average molecular weight is 597 g/mol. The van der Waals surface area contributed by atoms with Crippen LogP contribution in [0.15, 0.2) is 54.7 Å². The molecule has 0 saturated carbocycles. The number of ether oxygens (including phenoxy) is 1. The third-order valence-electron chi connectivity index (χ3n) is 7.07. The molecule has 1 fully saturated rings. The fourth-order valence-electron chi connectivity index (χ4n) is 5.15. The quantitative estimate of drug-likeness (QED) is 0.329. The molecule has 0 bridgehead atoms. The van der Waals surface area contributed by atoms with Gasteiger partial charge in [0.2, 0.25) is 0 Å². The summed E-state index contributed by atoms with van der Waals surface area (Å²) in [6.07, 6.45) is 2.31. The molecule has 3 aromatic rings. The molecule has 0 unspecified atom stereocenters. The van der Waals surface area contributed by atoms with E-state index in [-0.39, 0.29) is 18.3 Å². The molecule has 2 aliphatic rings. The Hall–Kier alpha value is -2.79. The Labute approximate surface area is 238 Å². The summed E-state index contributed by atoms with van der Waals surface area (Å²) in [6.45, 7) is 2.85. The molecule has 2 amide bonds. The Bertz CT molecular complexity index is 1360. The van der Waals surface area contributed by atoms with E-state index in [1.807, 2.05) is 30.3 Å². The van der Waals surface area contributed by atoms with Crippen LogP contribution in [0.1, 0.15) is 28.8 Å². The zero-order chi connectivity index (χ0) is 27.6. The van der Waals surface area contributed by atoms with Crippen LogP contribution in [0.3, 0.4) is 0 Å². The van der Waals surface area contributed by atoms with Crippen LogP contribution >= 0.6 is 34.5 Å². The Balaban J connectivity index is 1.30. The van der Waals surface area contributed by atoms with Crippen molar-refractivity contribution in [3.63, 3.8) is 0 Å². The third-order valence-corrected chi connectivity index (χ3v) is 8.43. The van der Waals surface area contributed by atoms with Crippen molar-refractivity contribution in [2.45, 2.75) is 31.2 Å². The van der Waals surface area contributed by atoms with E-state index in [0.717, 1.165) is 30.1 Å². The first-order valence-corrected chi connectivity index (χ1v) is 13.9. The Morgan fingerprint density at radius 3 is 2.56 bits per heavy atom. The molecule has 12 heteroatoms. The number of alkyl halides is 3. The molecule has 1 spiro atoms. The molecule has 0 aliphatic carbocycles. The molecular weight excluding hydrogens is 572 g/mol. The molecule has 1 saturated heterocycles. The number of carbonyl (C=O) groups is 1. The standard InChI is InChI=1S/C27H25Cl2F3N4O2S/c28-19-5-3-18(4-6-19)2-1-11-35-12-9-26(10-13-35)17-36(25(37)34-16-21-15-33-24(29)39-21)23-8-7-20(14-22(23)26)38-27(30,31)32/h1-8,14-15H,9-13,16-17H2,(H,34,37). The summed E-state index contributed by atoms with van der Waals surface area (Å²) in [4.78, 5) is 21.9. The zero-order valence-corrected chi connectivity index (χ0v) is 23.0. The molecule has 0 radical (unpaired) electrons. The van der Waals surface area contributed by atoms with E-state index < -0.39 is 11.8 Å². The SMILES string of the molecule is O=C(NCc1cnc(Cl)s1)N1CC2(CCN(CC=Cc3ccc(Cl)cc3)CC2)c2cc(OC(F)(F)F)ccc21. The summed E-state index contributed by atoms with van der Waals surface area (Å²) in [5.74, 6) is -0.282. The second-order valence-corrected chi connectivity index (χ2v) is 11.7. The predicted molar refractivity (Wildman–Crippen MR) is 148 cm³/mol. The second kappa shape index (κ2) is 11.4. The fourth-order valence-corrected chi connectivity index (χ4v) is 6.20. The number of thiazole rings is 1. The van der Waals surface area contributed by atoms with Gasteiger partial charge in [0.05, 0.1) is 6.54 Å². The largest absolute Gasteiger partial charge is 0.573 e. The van der Waals surface area contributed by atoms with E-state index in [0.29, 0.717) is 40.1 Å². The molecule has 2 aliphatic heterocycles. The lowest BCUT2D eigenvalue weighted by atomic mass is 9.74. The van der Waals surface area contributed by atoms with Gasteiger partial charge >= 0.3 is 12.4 Å². The summed E-state index contributed by atoms with van der Waals surface area (Å²) in [5, 5.41) is 3.57. The second-order valence-electron chi connectivity index (χ2n) is 9.59. The highest BCUT2D eigenvalue weighted by molar-refractivity contribution is 7.15. The highest BCUT2D eigenvalue weighted by Gasteiger charge is 2.47. The number of rotatable bonds is 6. The van der Waals surface area contributed by atoms with Crippen LogP contribution < -0.4 is 15.0 Å².